The van der Waals surface area contributed by atoms with E-state index in [4.69, 9.17) is 5.11 Å². The van der Waals surface area contributed by atoms with Gasteiger partial charge in [0, 0.05) is 19.0 Å². The van der Waals surface area contributed by atoms with Crippen LogP contribution < -0.4 is 5.32 Å². The van der Waals surface area contributed by atoms with E-state index < -0.39 is 5.97 Å². The van der Waals surface area contributed by atoms with E-state index in [1.165, 1.54) is 0 Å². The molecule has 1 fully saturated rings. The van der Waals surface area contributed by atoms with Gasteiger partial charge in [-0.15, -0.1) is 6.58 Å². The lowest BCUT2D eigenvalue weighted by Gasteiger charge is -2.27. The zero-order valence-electron chi connectivity index (χ0n) is 10.2. The maximum atomic E-state index is 12.2. The topological polar surface area (TPSA) is 69.6 Å². The highest BCUT2D eigenvalue weighted by Crippen LogP contribution is 2.13. The number of rotatable bonds is 5. The van der Waals surface area contributed by atoms with E-state index in [0.29, 0.717) is 13.0 Å². The molecule has 5 nitrogen and oxygen atoms in total. The lowest BCUT2D eigenvalue weighted by Crippen LogP contribution is -2.46. The van der Waals surface area contributed by atoms with Gasteiger partial charge in [-0.25, -0.2) is 0 Å². The molecule has 0 aromatic rings. The Balaban J connectivity index is 2.67. The summed E-state index contributed by atoms with van der Waals surface area (Å²) in [6, 6.07) is -0.209. The number of nitrogens with zero attached hydrogens (tertiary/aromatic N) is 1. The number of nitrogens with one attached hydrogen (secondary N) is 1. The second kappa shape index (κ2) is 6.39. The van der Waals surface area contributed by atoms with Gasteiger partial charge in [0.1, 0.15) is 0 Å². The lowest BCUT2D eigenvalue weighted by atomic mass is 10.1. The number of carboxylic acid groups (broad SMARTS) is 1. The molecule has 1 aliphatic rings. The summed E-state index contributed by atoms with van der Waals surface area (Å²) in [5, 5.41) is 11.8. The molecule has 0 spiro atoms. The highest BCUT2D eigenvalue weighted by atomic mass is 16.4. The predicted molar refractivity (Wildman–Crippen MR) is 64.6 cm³/mol. The van der Waals surface area contributed by atoms with E-state index in [2.05, 4.69) is 11.9 Å². The van der Waals surface area contributed by atoms with Gasteiger partial charge in [0.25, 0.3) is 0 Å². The third kappa shape index (κ3) is 3.85. The summed E-state index contributed by atoms with van der Waals surface area (Å²) >= 11 is 0. The van der Waals surface area contributed by atoms with E-state index in [-0.39, 0.29) is 24.4 Å². The first-order chi connectivity index (χ1) is 8.06. The van der Waals surface area contributed by atoms with Gasteiger partial charge in [-0.3, -0.25) is 9.59 Å². The second-order valence-corrected chi connectivity index (χ2v) is 4.36. The van der Waals surface area contributed by atoms with Crippen LogP contribution in [-0.4, -0.2) is 47.1 Å². The molecule has 0 aliphatic carbocycles. The molecule has 0 saturated carbocycles. The Kier molecular flexibility index (Phi) is 5.15. The van der Waals surface area contributed by atoms with Crippen molar-refractivity contribution in [3.8, 4) is 0 Å². The number of hydrogen-bond acceptors (Lipinski definition) is 3. The minimum absolute atomic E-state index is 0.0136. The van der Waals surface area contributed by atoms with Gasteiger partial charge in [0.2, 0.25) is 5.91 Å². The molecule has 0 aromatic heterocycles. The fourth-order valence-corrected chi connectivity index (χ4v) is 2.03. The molecule has 17 heavy (non-hydrogen) atoms. The number of carbonyl (C=O) groups excluding carboxylic acids is 1. The molecule has 1 aliphatic heterocycles. The first-order valence-electron chi connectivity index (χ1n) is 5.92. The summed E-state index contributed by atoms with van der Waals surface area (Å²) in [4.78, 5) is 24.5. The summed E-state index contributed by atoms with van der Waals surface area (Å²) in [6.45, 7) is 6.91. The first kappa shape index (κ1) is 13.7. The fourth-order valence-electron chi connectivity index (χ4n) is 2.03. The Morgan fingerprint density at radius 1 is 1.71 bits per heavy atom. The number of aliphatic carboxylic acids is 1. The number of amides is 1. The first-order valence-corrected chi connectivity index (χ1v) is 5.92. The van der Waals surface area contributed by atoms with Gasteiger partial charge in [-0.05, 0) is 26.3 Å². The van der Waals surface area contributed by atoms with Gasteiger partial charge in [-0.2, -0.15) is 0 Å². The minimum atomic E-state index is -0.868. The van der Waals surface area contributed by atoms with Gasteiger partial charge in [0.05, 0.1) is 6.04 Å². The van der Waals surface area contributed by atoms with Crippen molar-refractivity contribution in [3.05, 3.63) is 12.7 Å². The smallest absolute Gasteiger partial charge is 0.303 e. The molecule has 96 valence electrons. The molecule has 2 N–H and O–H groups in total. The third-order valence-electron chi connectivity index (χ3n) is 3.04. The van der Waals surface area contributed by atoms with Crippen LogP contribution in [0.15, 0.2) is 12.7 Å². The van der Waals surface area contributed by atoms with Crippen LogP contribution >= 0.6 is 0 Å². The molecule has 2 unspecified atom stereocenters. The Morgan fingerprint density at radius 3 is 3.00 bits per heavy atom. The number of hydrogen-bond donors (Lipinski definition) is 2. The zero-order chi connectivity index (χ0) is 12.8. The number of carbonyl (C=O) groups is 2. The van der Waals surface area contributed by atoms with Crippen LogP contribution in [0.25, 0.3) is 0 Å². The molecule has 1 saturated heterocycles. The van der Waals surface area contributed by atoms with Crippen molar-refractivity contribution in [2.24, 2.45) is 0 Å². The summed E-state index contributed by atoms with van der Waals surface area (Å²) in [7, 11) is 0. The maximum absolute atomic E-state index is 12.2. The Morgan fingerprint density at radius 2 is 2.41 bits per heavy atom. The molecule has 1 rings (SSSR count). The Bertz CT molecular complexity index is 304. The van der Waals surface area contributed by atoms with Gasteiger partial charge in [0.15, 0.2) is 0 Å². The molecule has 1 amide bonds. The van der Waals surface area contributed by atoms with Crippen molar-refractivity contribution in [3.63, 3.8) is 0 Å². The lowest BCUT2D eigenvalue weighted by molar-refractivity contribution is -0.138. The summed E-state index contributed by atoms with van der Waals surface area (Å²) in [5.74, 6) is -0.886. The summed E-state index contributed by atoms with van der Waals surface area (Å²) in [6.07, 6.45) is 2.94. The van der Waals surface area contributed by atoms with E-state index in [9.17, 15) is 9.59 Å². The van der Waals surface area contributed by atoms with E-state index in [0.717, 1.165) is 13.0 Å². The Hall–Kier alpha value is -1.36. The number of carboxylic acids is 1. The average Bonchev–Trinajstić information content (AvgIpc) is 2.40. The summed E-state index contributed by atoms with van der Waals surface area (Å²) < 4.78 is 0. The third-order valence-corrected chi connectivity index (χ3v) is 3.04. The standard InChI is InChI=1S/C12H20N2O3/c1-3-8-14-9(2)6-7-13-10(12(14)17)4-5-11(15)16/h3,9-10,13H,1,4-8H2,2H3,(H,15,16). The normalized spacial score (nSPS) is 25.5. The zero-order valence-corrected chi connectivity index (χ0v) is 10.2. The van der Waals surface area contributed by atoms with Crippen molar-refractivity contribution >= 4 is 11.9 Å². The predicted octanol–water partition coefficient (Wildman–Crippen LogP) is 0.616. The average molecular weight is 240 g/mol. The van der Waals surface area contributed by atoms with Gasteiger partial charge < -0.3 is 15.3 Å². The maximum Gasteiger partial charge on any atom is 0.303 e. The van der Waals surface area contributed by atoms with E-state index in [1.807, 2.05) is 6.92 Å². The van der Waals surface area contributed by atoms with Crippen LogP contribution in [0.1, 0.15) is 26.2 Å². The van der Waals surface area contributed by atoms with Crippen LogP contribution in [0.5, 0.6) is 0 Å². The molecule has 2 atom stereocenters. The van der Waals surface area contributed by atoms with Gasteiger partial charge in [-0.1, -0.05) is 6.08 Å². The molecule has 0 bridgehead atoms. The van der Waals surface area contributed by atoms with Gasteiger partial charge >= 0.3 is 5.97 Å². The summed E-state index contributed by atoms with van der Waals surface area (Å²) in [5.41, 5.74) is 0. The highest BCUT2D eigenvalue weighted by Gasteiger charge is 2.29. The molecule has 5 heteroatoms. The van der Waals surface area contributed by atoms with Crippen LogP contribution in [0.3, 0.4) is 0 Å². The monoisotopic (exact) mass is 240 g/mol. The van der Waals surface area contributed by atoms with Crippen molar-refractivity contribution in [1.82, 2.24) is 10.2 Å². The van der Waals surface area contributed by atoms with Crippen molar-refractivity contribution in [2.75, 3.05) is 13.1 Å². The minimum Gasteiger partial charge on any atom is -0.481 e. The quantitative estimate of drug-likeness (QED) is 0.691. The SMILES string of the molecule is C=CCN1C(=O)C(CCC(=O)O)NCCC1C. The van der Waals surface area contributed by atoms with Crippen LogP contribution in [0, 0.1) is 0 Å². The molecule has 0 aromatic carbocycles. The van der Waals surface area contributed by atoms with Crippen molar-refractivity contribution < 1.29 is 14.7 Å². The fraction of sp³-hybridized carbons (Fsp3) is 0.667. The van der Waals surface area contributed by atoms with E-state index in [1.54, 1.807) is 11.0 Å². The largest absolute Gasteiger partial charge is 0.481 e. The highest BCUT2D eigenvalue weighted by molar-refractivity contribution is 5.83. The van der Waals surface area contributed by atoms with Crippen molar-refractivity contribution in [2.45, 2.75) is 38.3 Å². The van der Waals surface area contributed by atoms with Crippen LogP contribution in [-0.2, 0) is 9.59 Å². The molecule has 1 heterocycles. The van der Waals surface area contributed by atoms with Crippen LogP contribution in [0.2, 0.25) is 0 Å². The molecular weight excluding hydrogens is 220 g/mol. The van der Waals surface area contributed by atoms with Crippen molar-refractivity contribution in [1.29, 1.82) is 0 Å². The van der Waals surface area contributed by atoms with E-state index >= 15 is 0 Å². The molecular formula is C12H20N2O3. The Labute approximate surface area is 101 Å². The second-order valence-electron chi connectivity index (χ2n) is 4.36. The van der Waals surface area contributed by atoms with Crippen LogP contribution in [0.4, 0.5) is 0 Å². The molecule has 0 radical (unpaired) electrons.